The van der Waals surface area contributed by atoms with Gasteiger partial charge in [0.2, 0.25) is 0 Å². The first kappa shape index (κ1) is 16.8. The summed E-state index contributed by atoms with van der Waals surface area (Å²) in [5.41, 5.74) is 1.25. The molecule has 0 radical (unpaired) electrons. The molecule has 1 aromatic carbocycles. The average molecular weight is 327 g/mol. The molecular weight excluding hydrogens is 302 g/mol. The minimum absolute atomic E-state index is 0.0237. The van der Waals surface area contributed by atoms with Gasteiger partial charge in [-0.3, -0.25) is 4.90 Å². The van der Waals surface area contributed by atoms with Crippen LogP contribution < -0.4 is 4.74 Å². The van der Waals surface area contributed by atoms with Gasteiger partial charge in [0.05, 0.1) is 26.5 Å². The van der Waals surface area contributed by atoms with E-state index in [0.29, 0.717) is 0 Å². The largest absolute Gasteiger partial charge is 0.497 e. The van der Waals surface area contributed by atoms with E-state index < -0.39 is 0 Å². The molecule has 3 rings (SSSR count). The summed E-state index contributed by atoms with van der Waals surface area (Å²) in [7, 11) is 1.71. The molecule has 0 bridgehead atoms. The smallest absolute Gasteiger partial charge is 0.119 e. The Hall–Kier alpha value is -2.04. The molecule has 128 valence electrons. The molecule has 24 heavy (non-hydrogen) atoms. The fraction of sp³-hybridized carbons (Fsp3) is 0.400. The molecule has 0 amide bonds. The van der Waals surface area contributed by atoms with Gasteiger partial charge in [-0.15, -0.1) is 6.58 Å². The van der Waals surface area contributed by atoms with Crippen LogP contribution >= 0.6 is 0 Å². The molecule has 1 atom stereocenters. The number of rotatable bonds is 8. The zero-order valence-electron chi connectivity index (χ0n) is 14.2. The molecule has 2 aromatic rings. The quantitative estimate of drug-likeness (QED) is 0.694. The Kier molecular flexibility index (Phi) is 5.38. The van der Waals surface area contributed by atoms with Gasteiger partial charge in [0.25, 0.3) is 0 Å². The van der Waals surface area contributed by atoms with Gasteiger partial charge in [-0.1, -0.05) is 18.2 Å². The molecule has 1 fully saturated rings. The van der Waals surface area contributed by atoms with Crippen LogP contribution in [0.15, 0.2) is 59.7 Å². The highest BCUT2D eigenvalue weighted by Crippen LogP contribution is 2.36. The summed E-state index contributed by atoms with van der Waals surface area (Å²) in [6.07, 6.45) is 4.67. The van der Waals surface area contributed by atoms with Gasteiger partial charge in [0.15, 0.2) is 0 Å². The third-order valence-electron chi connectivity index (χ3n) is 4.66. The van der Waals surface area contributed by atoms with Gasteiger partial charge in [-0.2, -0.15) is 0 Å². The molecule has 1 aromatic heterocycles. The molecule has 4 nitrogen and oxygen atoms in total. The molecule has 2 heterocycles. The first-order valence-electron chi connectivity index (χ1n) is 8.34. The van der Waals surface area contributed by atoms with Crippen LogP contribution in [0.4, 0.5) is 0 Å². The second-order valence-corrected chi connectivity index (χ2v) is 6.35. The maximum Gasteiger partial charge on any atom is 0.119 e. The molecule has 0 unspecified atom stereocenters. The van der Waals surface area contributed by atoms with Crippen molar-refractivity contribution in [1.82, 2.24) is 4.90 Å². The van der Waals surface area contributed by atoms with E-state index in [1.165, 1.54) is 5.56 Å². The Balaban J connectivity index is 1.84. The summed E-state index contributed by atoms with van der Waals surface area (Å²) in [6, 6.07) is 12.3. The zero-order chi connectivity index (χ0) is 16.8. The van der Waals surface area contributed by atoms with Crippen LogP contribution in [-0.4, -0.2) is 38.3 Å². The minimum atomic E-state index is -0.0237. The first-order valence-corrected chi connectivity index (χ1v) is 8.34. The molecule has 4 heteroatoms. The van der Waals surface area contributed by atoms with Gasteiger partial charge >= 0.3 is 0 Å². The Labute approximate surface area is 143 Å². The summed E-state index contributed by atoms with van der Waals surface area (Å²) in [4.78, 5) is 2.36. The number of hydrogen-bond acceptors (Lipinski definition) is 4. The zero-order valence-corrected chi connectivity index (χ0v) is 14.2. The monoisotopic (exact) mass is 327 g/mol. The van der Waals surface area contributed by atoms with Crippen molar-refractivity contribution in [2.45, 2.75) is 18.4 Å². The number of benzene rings is 1. The van der Waals surface area contributed by atoms with Crippen LogP contribution in [-0.2, 0) is 16.7 Å². The van der Waals surface area contributed by atoms with Gasteiger partial charge in [0.1, 0.15) is 11.5 Å². The Morgan fingerprint density at radius 3 is 2.92 bits per heavy atom. The average Bonchev–Trinajstić information content (AvgIpc) is 3.28. The lowest BCUT2D eigenvalue weighted by Crippen LogP contribution is -2.41. The van der Waals surface area contributed by atoms with Crippen molar-refractivity contribution in [3.05, 3.63) is 66.6 Å². The molecule has 0 N–H and O–H groups in total. The van der Waals surface area contributed by atoms with E-state index in [4.69, 9.17) is 13.9 Å². The van der Waals surface area contributed by atoms with Crippen molar-refractivity contribution < 1.29 is 13.9 Å². The number of furan rings is 1. The SMILES string of the molecule is C=CCN(Cc1ccco1)C[C@]1(c2cccc(OC)c2)CCOC1. The van der Waals surface area contributed by atoms with Crippen LogP contribution in [0.1, 0.15) is 17.7 Å². The first-order chi connectivity index (χ1) is 11.8. The summed E-state index contributed by atoms with van der Waals surface area (Å²) in [5, 5.41) is 0. The van der Waals surface area contributed by atoms with Crippen LogP contribution in [0.5, 0.6) is 5.75 Å². The standard InChI is InChI=1S/C20H25NO3/c1-3-10-21(14-19-8-5-11-24-19)15-20(9-12-23-16-20)17-6-4-7-18(13-17)22-2/h3-8,11,13H,1,9-10,12,14-16H2,2H3/t20-/m1/s1. The van der Waals surface area contributed by atoms with Crippen molar-refractivity contribution in [2.75, 3.05) is 33.4 Å². The second kappa shape index (κ2) is 7.69. The van der Waals surface area contributed by atoms with Crippen LogP contribution in [0, 0.1) is 0 Å². The van der Waals surface area contributed by atoms with Crippen molar-refractivity contribution in [3.8, 4) is 5.75 Å². The number of methoxy groups -OCH3 is 1. The summed E-state index contributed by atoms with van der Waals surface area (Å²) >= 11 is 0. The predicted octanol–water partition coefficient (Wildman–Crippen LogP) is 3.63. The highest BCUT2D eigenvalue weighted by atomic mass is 16.5. The van der Waals surface area contributed by atoms with Crippen molar-refractivity contribution in [3.63, 3.8) is 0 Å². The van der Waals surface area contributed by atoms with E-state index in [9.17, 15) is 0 Å². The van der Waals surface area contributed by atoms with Gasteiger partial charge in [-0.25, -0.2) is 0 Å². The van der Waals surface area contributed by atoms with Crippen molar-refractivity contribution in [2.24, 2.45) is 0 Å². The molecule has 0 saturated carbocycles. The normalized spacial score (nSPS) is 20.4. The minimum Gasteiger partial charge on any atom is -0.497 e. The van der Waals surface area contributed by atoms with Gasteiger partial charge in [-0.05, 0) is 36.2 Å². The van der Waals surface area contributed by atoms with E-state index in [-0.39, 0.29) is 5.41 Å². The van der Waals surface area contributed by atoms with Gasteiger partial charge in [0, 0.05) is 25.1 Å². The van der Waals surface area contributed by atoms with E-state index in [1.54, 1.807) is 13.4 Å². The highest BCUT2D eigenvalue weighted by molar-refractivity contribution is 5.35. The third kappa shape index (κ3) is 3.71. The lowest BCUT2D eigenvalue weighted by atomic mass is 9.79. The van der Waals surface area contributed by atoms with Crippen LogP contribution in [0.2, 0.25) is 0 Å². The molecule has 1 aliphatic heterocycles. The maximum atomic E-state index is 5.79. The van der Waals surface area contributed by atoms with E-state index in [1.807, 2.05) is 24.3 Å². The fourth-order valence-corrected chi connectivity index (χ4v) is 3.42. The van der Waals surface area contributed by atoms with Crippen LogP contribution in [0.25, 0.3) is 0 Å². The Morgan fingerprint density at radius 2 is 2.25 bits per heavy atom. The van der Waals surface area contributed by atoms with E-state index in [0.717, 1.165) is 50.8 Å². The van der Waals surface area contributed by atoms with Gasteiger partial charge < -0.3 is 13.9 Å². The topological polar surface area (TPSA) is 34.8 Å². The van der Waals surface area contributed by atoms with E-state index in [2.05, 4.69) is 29.7 Å². The second-order valence-electron chi connectivity index (χ2n) is 6.35. The van der Waals surface area contributed by atoms with E-state index >= 15 is 0 Å². The fourth-order valence-electron chi connectivity index (χ4n) is 3.42. The Bertz CT molecular complexity index is 645. The Morgan fingerprint density at radius 1 is 1.33 bits per heavy atom. The van der Waals surface area contributed by atoms with Crippen molar-refractivity contribution in [1.29, 1.82) is 0 Å². The van der Waals surface area contributed by atoms with Crippen LogP contribution in [0.3, 0.4) is 0 Å². The summed E-state index contributed by atoms with van der Waals surface area (Å²) in [5.74, 6) is 1.86. The number of hydrogen-bond donors (Lipinski definition) is 0. The maximum absolute atomic E-state index is 5.79. The van der Waals surface area contributed by atoms with Crippen molar-refractivity contribution >= 4 is 0 Å². The summed E-state index contributed by atoms with van der Waals surface area (Å²) in [6.45, 7) is 7.90. The molecule has 0 aliphatic carbocycles. The number of nitrogens with zero attached hydrogens (tertiary/aromatic N) is 1. The molecular formula is C20H25NO3. The third-order valence-corrected chi connectivity index (χ3v) is 4.66. The summed E-state index contributed by atoms with van der Waals surface area (Å²) < 4.78 is 16.7. The lowest BCUT2D eigenvalue weighted by Gasteiger charge is -2.34. The highest BCUT2D eigenvalue weighted by Gasteiger charge is 2.38. The predicted molar refractivity (Wildman–Crippen MR) is 94.3 cm³/mol. The number of ether oxygens (including phenoxy) is 2. The molecule has 1 aliphatic rings. The molecule has 1 saturated heterocycles. The lowest BCUT2D eigenvalue weighted by molar-refractivity contribution is 0.149. The molecule has 0 spiro atoms.